The third-order valence-electron chi connectivity index (χ3n) is 6.47. The molecule has 0 radical (unpaired) electrons. The Kier molecular flexibility index (Phi) is 7.01. The Labute approximate surface area is 196 Å². The van der Waals surface area contributed by atoms with E-state index in [4.69, 9.17) is 9.72 Å². The number of amides is 2. The maximum absolute atomic E-state index is 13.1. The molecule has 2 heterocycles. The monoisotopic (exact) mass is 449 g/mol. The third-order valence-corrected chi connectivity index (χ3v) is 6.47. The number of anilines is 1. The molecule has 1 aliphatic heterocycles. The Morgan fingerprint density at radius 1 is 0.970 bits per heavy atom. The summed E-state index contributed by atoms with van der Waals surface area (Å²) >= 11 is 0. The average Bonchev–Trinajstić information content (AvgIpc) is 3.29. The standard InChI is InChI=1S/C27H35N3O3/c1-27(2,3)33-26(32)30(22-13-8-5-9-14-22)24-17-16-21(19-28-24)23-15-10-18-29(23)25(31)20-11-6-4-7-12-20/h4,6-7,11-12,16-17,19,22-23H,5,8-10,13-15,18H2,1-3H3. The third kappa shape index (κ3) is 5.55. The van der Waals surface area contributed by atoms with Crippen LogP contribution in [0.15, 0.2) is 48.7 Å². The second kappa shape index (κ2) is 9.94. The van der Waals surface area contributed by atoms with Crippen LogP contribution in [-0.4, -0.2) is 40.1 Å². The molecule has 6 nitrogen and oxygen atoms in total. The van der Waals surface area contributed by atoms with Crippen LogP contribution in [0.2, 0.25) is 0 Å². The van der Waals surface area contributed by atoms with Crippen molar-refractivity contribution in [2.75, 3.05) is 11.4 Å². The number of carbonyl (C=O) groups is 2. The van der Waals surface area contributed by atoms with Crippen molar-refractivity contribution >= 4 is 17.8 Å². The van der Waals surface area contributed by atoms with E-state index in [-0.39, 0.29) is 24.1 Å². The van der Waals surface area contributed by atoms with E-state index in [1.54, 1.807) is 4.90 Å². The summed E-state index contributed by atoms with van der Waals surface area (Å²) in [4.78, 5) is 34.6. The van der Waals surface area contributed by atoms with Crippen molar-refractivity contribution in [3.63, 3.8) is 0 Å². The fraction of sp³-hybridized carbons (Fsp3) is 0.519. The number of benzene rings is 1. The van der Waals surface area contributed by atoms with Crippen LogP contribution in [0.5, 0.6) is 0 Å². The highest BCUT2D eigenvalue weighted by atomic mass is 16.6. The van der Waals surface area contributed by atoms with Crippen LogP contribution in [0.3, 0.4) is 0 Å². The second-order valence-electron chi connectivity index (χ2n) is 10.1. The van der Waals surface area contributed by atoms with Crippen molar-refractivity contribution in [3.05, 3.63) is 59.8 Å². The van der Waals surface area contributed by atoms with Crippen LogP contribution < -0.4 is 4.90 Å². The summed E-state index contributed by atoms with van der Waals surface area (Å²) in [5, 5.41) is 0. The lowest BCUT2D eigenvalue weighted by Gasteiger charge is -2.35. The highest BCUT2D eigenvalue weighted by Crippen LogP contribution is 2.34. The number of hydrogen-bond donors (Lipinski definition) is 0. The smallest absolute Gasteiger partial charge is 0.416 e. The first kappa shape index (κ1) is 23.3. The Hall–Kier alpha value is -2.89. The van der Waals surface area contributed by atoms with Gasteiger partial charge in [-0.15, -0.1) is 0 Å². The Balaban J connectivity index is 1.55. The molecule has 1 unspecified atom stereocenters. The predicted molar refractivity (Wildman–Crippen MR) is 129 cm³/mol. The number of ether oxygens (including phenoxy) is 1. The summed E-state index contributed by atoms with van der Waals surface area (Å²) in [6, 6.07) is 13.5. The molecule has 1 saturated heterocycles. The molecule has 1 aromatic heterocycles. The average molecular weight is 450 g/mol. The van der Waals surface area contributed by atoms with E-state index in [0.29, 0.717) is 11.4 Å². The largest absolute Gasteiger partial charge is 0.443 e. The van der Waals surface area contributed by atoms with Crippen molar-refractivity contribution in [3.8, 4) is 0 Å². The summed E-state index contributed by atoms with van der Waals surface area (Å²) < 4.78 is 5.73. The first-order valence-corrected chi connectivity index (χ1v) is 12.2. The Bertz CT molecular complexity index is 947. The van der Waals surface area contributed by atoms with E-state index in [1.807, 2.05) is 74.3 Å². The summed E-state index contributed by atoms with van der Waals surface area (Å²) in [6.07, 6.45) is 8.73. The van der Waals surface area contributed by atoms with E-state index in [0.717, 1.165) is 50.6 Å². The van der Waals surface area contributed by atoms with E-state index in [1.165, 1.54) is 6.42 Å². The number of rotatable bonds is 4. The summed E-state index contributed by atoms with van der Waals surface area (Å²) in [5.41, 5.74) is 1.15. The molecule has 2 aromatic rings. The zero-order chi connectivity index (χ0) is 23.4. The van der Waals surface area contributed by atoms with Crippen LogP contribution >= 0.6 is 0 Å². The molecule has 1 atom stereocenters. The van der Waals surface area contributed by atoms with Gasteiger partial charge in [-0.2, -0.15) is 0 Å². The van der Waals surface area contributed by atoms with Gasteiger partial charge >= 0.3 is 6.09 Å². The summed E-state index contributed by atoms with van der Waals surface area (Å²) in [5.74, 6) is 0.679. The van der Waals surface area contributed by atoms with Gasteiger partial charge in [0.05, 0.1) is 6.04 Å². The summed E-state index contributed by atoms with van der Waals surface area (Å²) in [6.45, 7) is 6.41. The normalized spacial score (nSPS) is 19.4. The minimum Gasteiger partial charge on any atom is -0.443 e. The molecule has 4 rings (SSSR count). The van der Waals surface area contributed by atoms with Gasteiger partial charge in [0, 0.05) is 24.3 Å². The number of pyridine rings is 1. The lowest BCUT2D eigenvalue weighted by Crippen LogP contribution is -2.45. The molecule has 1 aliphatic carbocycles. The molecule has 176 valence electrons. The first-order valence-electron chi connectivity index (χ1n) is 12.2. The van der Waals surface area contributed by atoms with Gasteiger partial charge in [-0.25, -0.2) is 9.78 Å². The number of likely N-dealkylation sites (tertiary alicyclic amines) is 1. The van der Waals surface area contributed by atoms with Crippen molar-refractivity contribution in [1.29, 1.82) is 0 Å². The highest BCUT2D eigenvalue weighted by molar-refractivity contribution is 5.94. The van der Waals surface area contributed by atoms with Crippen LogP contribution in [0.25, 0.3) is 0 Å². The quantitative estimate of drug-likeness (QED) is 0.563. The molecule has 0 spiro atoms. The second-order valence-corrected chi connectivity index (χ2v) is 10.1. The molecule has 1 aromatic carbocycles. The van der Waals surface area contributed by atoms with Crippen molar-refractivity contribution in [2.24, 2.45) is 0 Å². The summed E-state index contributed by atoms with van der Waals surface area (Å²) in [7, 11) is 0. The lowest BCUT2D eigenvalue weighted by atomic mass is 9.94. The van der Waals surface area contributed by atoms with Gasteiger partial charge in [0.15, 0.2) is 0 Å². The van der Waals surface area contributed by atoms with Crippen LogP contribution in [0, 0.1) is 0 Å². The van der Waals surface area contributed by atoms with E-state index in [2.05, 4.69) is 0 Å². The van der Waals surface area contributed by atoms with Gasteiger partial charge in [-0.3, -0.25) is 9.69 Å². The molecule has 1 saturated carbocycles. The first-order chi connectivity index (χ1) is 15.8. The van der Waals surface area contributed by atoms with Gasteiger partial charge in [0.1, 0.15) is 11.4 Å². The van der Waals surface area contributed by atoms with Gasteiger partial charge < -0.3 is 9.64 Å². The molecule has 2 fully saturated rings. The van der Waals surface area contributed by atoms with Gasteiger partial charge in [0.2, 0.25) is 0 Å². The number of aromatic nitrogens is 1. The van der Waals surface area contributed by atoms with Gasteiger partial charge in [-0.05, 0) is 70.2 Å². The minimum atomic E-state index is -0.563. The fourth-order valence-corrected chi connectivity index (χ4v) is 4.92. The van der Waals surface area contributed by atoms with E-state index < -0.39 is 5.60 Å². The molecule has 0 bridgehead atoms. The van der Waals surface area contributed by atoms with E-state index >= 15 is 0 Å². The lowest BCUT2D eigenvalue weighted by molar-refractivity contribution is 0.0556. The van der Waals surface area contributed by atoms with Gasteiger partial charge in [0.25, 0.3) is 5.91 Å². The zero-order valence-electron chi connectivity index (χ0n) is 20.0. The van der Waals surface area contributed by atoms with Crippen LogP contribution in [0.4, 0.5) is 10.6 Å². The van der Waals surface area contributed by atoms with Gasteiger partial charge in [-0.1, -0.05) is 43.5 Å². The molecular weight excluding hydrogens is 414 g/mol. The predicted octanol–water partition coefficient (Wildman–Crippen LogP) is 6.13. The van der Waals surface area contributed by atoms with E-state index in [9.17, 15) is 9.59 Å². The zero-order valence-corrected chi connectivity index (χ0v) is 20.0. The molecule has 6 heteroatoms. The van der Waals surface area contributed by atoms with Crippen molar-refractivity contribution < 1.29 is 14.3 Å². The number of hydrogen-bond acceptors (Lipinski definition) is 4. The van der Waals surface area contributed by atoms with Crippen molar-refractivity contribution in [1.82, 2.24) is 9.88 Å². The Morgan fingerprint density at radius 2 is 1.70 bits per heavy atom. The molecular formula is C27H35N3O3. The Morgan fingerprint density at radius 3 is 2.33 bits per heavy atom. The molecule has 33 heavy (non-hydrogen) atoms. The SMILES string of the molecule is CC(C)(C)OC(=O)N(c1ccc(C2CCCN2C(=O)c2ccccc2)cn1)C1CCCCC1. The van der Waals surface area contributed by atoms with Crippen LogP contribution in [0.1, 0.15) is 87.7 Å². The van der Waals surface area contributed by atoms with Crippen LogP contribution in [-0.2, 0) is 4.74 Å². The number of nitrogens with zero attached hydrogens (tertiary/aromatic N) is 3. The maximum atomic E-state index is 13.1. The molecule has 2 aliphatic rings. The minimum absolute atomic E-state index is 0.00362. The topological polar surface area (TPSA) is 62.7 Å². The fourth-order valence-electron chi connectivity index (χ4n) is 4.92. The maximum Gasteiger partial charge on any atom is 0.416 e. The molecule has 0 N–H and O–H groups in total. The van der Waals surface area contributed by atoms with Crippen molar-refractivity contribution in [2.45, 2.75) is 83.4 Å². The highest BCUT2D eigenvalue weighted by Gasteiger charge is 2.33. The number of carbonyl (C=O) groups excluding carboxylic acids is 2. The molecule has 2 amide bonds.